The highest BCUT2D eigenvalue weighted by atomic mass is 32.2. The maximum absolute atomic E-state index is 3.94. The lowest BCUT2D eigenvalue weighted by Crippen LogP contribution is -2.64. The molecule has 1 saturated heterocycles. The van der Waals surface area contributed by atoms with Crippen LogP contribution in [0.25, 0.3) is 0 Å². The van der Waals surface area contributed by atoms with E-state index in [-0.39, 0.29) is 0 Å². The molecule has 1 heterocycles. The van der Waals surface area contributed by atoms with Crippen LogP contribution in [0.3, 0.4) is 0 Å². The molecule has 2 nitrogen and oxygen atoms in total. The van der Waals surface area contributed by atoms with Gasteiger partial charge in [0, 0.05) is 24.7 Å². The fraction of sp³-hybridized carbons (Fsp3) is 1.00. The highest BCUT2D eigenvalue weighted by Gasteiger charge is 2.39. The van der Waals surface area contributed by atoms with Crippen LogP contribution >= 0.6 is 11.8 Å². The van der Waals surface area contributed by atoms with Crippen LogP contribution in [0, 0.1) is 0 Å². The molecule has 0 radical (unpaired) electrons. The van der Waals surface area contributed by atoms with Crippen LogP contribution < -0.4 is 5.32 Å². The molecular weight excluding hydrogens is 252 g/mol. The Morgan fingerprint density at radius 1 is 1.26 bits per heavy atom. The Balaban J connectivity index is 1.91. The van der Waals surface area contributed by atoms with Gasteiger partial charge in [-0.3, -0.25) is 4.90 Å². The zero-order valence-corrected chi connectivity index (χ0v) is 13.7. The third kappa shape index (κ3) is 4.37. The van der Waals surface area contributed by atoms with Gasteiger partial charge in [0.1, 0.15) is 0 Å². The van der Waals surface area contributed by atoms with Crippen molar-refractivity contribution in [2.75, 3.05) is 31.6 Å². The molecule has 1 aliphatic carbocycles. The number of rotatable bonds is 6. The van der Waals surface area contributed by atoms with Crippen molar-refractivity contribution in [3.8, 4) is 0 Å². The first-order valence-corrected chi connectivity index (χ1v) is 9.67. The topological polar surface area (TPSA) is 15.3 Å². The monoisotopic (exact) mass is 284 g/mol. The second-order valence-corrected chi connectivity index (χ2v) is 7.47. The fourth-order valence-corrected chi connectivity index (χ4v) is 4.31. The first kappa shape index (κ1) is 15.7. The third-order valence-electron chi connectivity index (χ3n) is 4.96. The summed E-state index contributed by atoms with van der Waals surface area (Å²) in [4.78, 5) is 2.82. The second kappa shape index (κ2) is 7.90. The van der Waals surface area contributed by atoms with E-state index in [2.05, 4.69) is 23.4 Å². The molecule has 0 aromatic carbocycles. The van der Waals surface area contributed by atoms with E-state index in [1.54, 1.807) is 0 Å². The van der Waals surface area contributed by atoms with Gasteiger partial charge in [-0.2, -0.15) is 11.8 Å². The number of piperazine rings is 1. The van der Waals surface area contributed by atoms with E-state index >= 15 is 0 Å². The quantitative estimate of drug-likeness (QED) is 0.751. The summed E-state index contributed by atoms with van der Waals surface area (Å²) in [5.74, 6) is 1.32. The van der Waals surface area contributed by atoms with Gasteiger partial charge in [-0.25, -0.2) is 0 Å². The molecule has 2 fully saturated rings. The molecule has 2 aliphatic rings. The molecule has 1 unspecified atom stereocenters. The number of thioether (sulfide) groups is 1. The van der Waals surface area contributed by atoms with Gasteiger partial charge < -0.3 is 5.32 Å². The van der Waals surface area contributed by atoms with Crippen LogP contribution in [-0.2, 0) is 0 Å². The van der Waals surface area contributed by atoms with Gasteiger partial charge in [-0.15, -0.1) is 0 Å². The number of hydrogen-bond acceptors (Lipinski definition) is 3. The predicted octanol–water partition coefficient (Wildman–Crippen LogP) is 3.52. The maximum atomic E-state index is 3.94. The van der Waals surface area contributed by atoms with E-state index in [4.69, 9.17) is 0 Å². The highest BCUT2D eigenvalue weighted by molar-refractivity contribution is 7.98. The molecule has 3 heteroatoms. The largest absolute Gasteiger partial charge is 0.308 e. The van der Waals surface area contributed by atoms with Crippen molar-refractivity contribution in [3.05, 3.63) is 0 Å². The lowest BCUT2D eigenvalue weighted by molar-refractivity contribution is 0.0521. The van der Waals surface area contributed by atoms with Crippen LogP contribution in [0.2, 0.25) is 0 Å². The zero-order valence-electron chi connectivity index (χ0n) is 12.9. The lowest BCUT2D eigenvalue weighted by Gasteiger charge is -2.50. The van der Waals surface area contributed by atoms with Crippen molar-refractivity contribution in [2.24, 2.45) is 0 Å². The smallest absolute Gasteiger partial charge is 0.0309 e. The highest BCUT2D eigenvalue weighted by Crippen LogP contribution is 2.32. The zero-order chi connectivity index (χ0) is 13.6. The van der Waals surface area contributed by atoms with Crippen LogP contribution in [0.1, 0.15) is 58.3 Å². The second-order valence-electron chi connectivity index (χ2n) is 6.48. The fourth-order valence-electron chi connectivity index (χ4n) is 3.89. The summed E-state index contributed by atoms with van der Waals surface area (Å²) in [6, 6.07) is 0.791. The molecule has 0 aromatic rings. The summed E-state index contributed by atoms with van der Waals surface area (Å²) in [5, 5.41) is 3.94. The summed E-state index contributed by atoms with van der Waals surface area (Å²) in [6.07, 6.45) is 13.4. The number of nitrogens with one attached hydrogen (secondary N) is 1. The number of nitrogens with zero attached hydrogens (tertiary/aromatic N) is 1. The average molecular weight is 285 g/mol. The van der Waals surface area contributed by atoms with Crippen molar-refractivity contribution < 1.29 is 0 Å². The molecular formula is C16H32N2S. The number of hydrogen-bond donors (Lipinski definition) is 1. The Bertz CT molecular complexity index is 251. The van der Waals surface area contributed by atoms with Crippen LogP contribution in [0.15, 0.2) is 0 Å². The molecule has 19 heavy (non-hydrogen) atoms. The minimum Gasteiger partial charge on any atom is -0.308 e. The Hall–Kier alpha value is 0.270. The van der Waals surface area contributed by atoms with E-state index in [1.807, 2.05) is 11.8 Å². The molecule has 0 bridgehead atoms. The van der Waals surface area contributed by atoms with Gasteiger partial charge in [0.15, 0.2) is 0 Å². The van der Waals surface area contributed by atoms with Gasteiger partial charge in [-0.05, 0) is 44.2 Å². The summed E-state index contributed by atoms with van der Waals surface area (Å²) >= 11 is 1.99. The average Bonchev–Trinajstić information content (AvgIpc) is 2.43. The van der Waals surface area contributed by atoms with Crippen molar-refractivity contribution in [1.82, 2.24) is 10.2 Å². The van der Waals surface area contributed by atoms with Crippen LogP contribution in [0.4, 0.5) is 0 Å². The molecule has 112 valence electrons. The summed E-state index contributed by atoms with van der Waals surface area (Å²) in [6.45, 7) is 6.18. The van der Waals surface area contributed by atoms with Gasteiger partial charge in [0.2, 0.25) is 0 Å². The Morgan fingerprint density at radius 3 is 2.74 bits per heavy atom. The molecule has 1 aliphatic heterocycles. The lowest BCUT2D eigenvalue weighted by atomic mass is 9.79. The van der Waals surface area contributed by atoms with Crippen LogP contribution in [-0.4, -0.2) is 48.1 Å². The predicted molar refractivity (Wildman–Crippen MR) is 87.1 cm³/mol. The molecule has 1 spiro atoms. The molecule has 2 rings (SSSR count). The van der Waals surface area contributed by atoms with E-state index in [0.717, 1.165) is 6.04 Å². The normalized spacial score (nSPS) is 27.8. The molecule has 1 N–H and O–H groups in total. The van der Waals surface area contributed by atoms with E-state index in [9.17, 15) is 0 Å². The van der Waals surface area contributed by atoms with Gasteiger partial charge in [0.25, 0.3) is 0 Å². The van der Waals surface area contributed by atoms with Gasteiger partial charge >= 0.3 is 0 Å². The maximum Gasteiger partial charge on any atom is 0.0309 e. The molecule has 1 atom stereocenters. The van der Waals surface area contributed by atoms with Gasteiger partial charge in [0.05, 0.1) is 0 Å². The summed E-state index contributed by atoms with van der Waals surface area (Å²) in [7, 11) is 0. The van der Waals surface area contributed by atoms with Crippen LogP contribution in [0.5, 0.6) is 0 Å². The standard InChI is InChI=1S/C16H32N2S/c1-3-8-15-13-17-16(9-5-4-6-10-16)14-18(15)11-7-12-19-2/h15,17H,3-14H2,1-2H3. The van der Waals surface area contributed by atoms with Crippen molar-refractivity contribution >= 4 is 11.8 Å². The van der Waals surface area contributed by atoms with E-state index < -0.39 is 0 Å². The Kier molecular flexibility index (Phi) is 6.51. The first-order valence-electron chi connectivity index (χ1n) is 8.28. The van der Waals surface area contributed by atoms with E-state index in [1.165, 1.54) is 76.8 Å². The van der Waals surface area contributed by atoms with Crippen molar-refractivity contribution in [1.29, 1.82) is 0 Å². The Labute approximate surface area is 124 Å². The molecule has 1 saturated carbocycles. The van der Waals surface area contributed by atoms with Crippen molar-refractivity contribution in [3.63, 3.8) is 0 Å². The minimum atomic E-state index is 0.474. The Morgan fingerprint density at radius 2 is 2.05 bits per heavy atom. The molecule has 0 aromatic heterocycles. The molecule has 0 amide bonds. The first-order chi connectivity index (χ1) is 9.29. The summed E-state index contributed by atoms with van der Waals surface area (Å²) in [5.41, 5.74) is 0.474. The van der Waals surface area contributed by atoms with Crippen molar-refractivity contribution in [2.45, 2.75) is 69.9 Å². The van der Waals surface area contributed by atoms with Gasteiger partial charge in [-0.1, -0.05) is 32.6 Å². The third-order valence-corrected chi connectivity index (χ3v) is 5.66. The van der Waals surface area contributed by atoms with E-state index in [0.29, 0.717) is 5.54 Å². The summed E-state index contributed by atoms with van der Waals surface area (Å²) < 4.78 is 0. The SMILES string of the molecule is CCCC1CNC2(CCCCC2)CN1CCCSC. The minimum absolute atomic E-state index is 0.474.